The first-order chi connectivity index (χ1) is 12.4. The molecule has 1 aliphatic rings. The summed E-state index contributed by atoms with van der Waals surface area (Å²) < 4.78 is 5.27. The SMILES string of the molecule is Cc1noc(C)c1CC1(C)C(=O)Nc2cc(-c3ccccc3Cl)ccc21. The lowest BCUT2D eigenvalue weighted by Crippen LogP contribution is -2.33. The molecule has 2 heterocycles. The first-order valence-electron chi connectivity index (χ1n) is 8.53. The van der Waals surface area contributed by atoms with Crippen LogP contribution in [0.5, 0.6) is 0 Å². The van der Waals surface area contributed by atoms with Crippen molar-refractivity contribution >= 4 is 23.2 Å². The molecule has 1 N–H and O–H groups in total. The van der Waals surface area contributed by atoms with Crippen molar-refractivity contribution in [2.24, 2.45) is 0 Å². The topological polar surface area (TPSA) is 55.1 Å². The summed E-state index contributed by atoms with van der Waals surface area (Å²) in [6, 6.07) is 13.7. The van der Waals surface area contributed by atoms with Gasteiger partial charge >= 0.3 is 0 Å². The quantitative estimate of drug-likeness (QED) is 0.704. The fourth-order valence-corrected chi connectivity index (χ4v) is 3.90. The second-order valence-electron chi connectivity index (χ2n) is 7.01. The van der Waals surface area contributed by atoms with Crippen LogP contribution in [0.3, 0.4) is 0 Å². The lowest BCUT2D eigenvalue weighted by atomic mass is 9.77. The molecule has 1 aliphatic heterocycles. The highest BCUT2D eigenvalue weighted by atomic mass is 35.5. The molecule has 1 unspecified atom stereocenters. The van der Waals surface area contributed by atoms with E-state index in [1.165, 1.54) is 0 Å². The molecule has 0 saturated carbocycles. The van der Waals surface area contributed by atoms with Crippen LogP contribution in [-0.2, 0) is 16.6 Å². The minimum absolute atomic E-state index is 0.0104. The van der Waals surface area contributed by atoms with Gasteiger partial charge in [0.2, 0.25) is 5.91 Å². The van der Waals surface area contributed by atoms with Crippen LogP contribution >= 0.6 is 11.6 Å². The molecule has 4 nitrogen and oxygen atoms in total. The minimum atomic E-state index is -0.657. The van der Waals surface area contributed by atoms with E-state index in [2.05, 4.69) is 10.5 Å². The maximum Gasteiger partial charge on any atom is 0.235 e. The van der Waals surface area contributed by atoms with Gasteiger partial charge in [-0.2, -0.15) is 0 Å². The second kappa shape index (κ2) is 5.99. The van der Waals surface area contributed by atoms with Crippen LogP contribution in [0.25, 0.3) is 11.1 Å². The minimum Gasteiger partial charge on any atom is -0.361 e. The van der Waals surface area contributed by atoms with Crippen LogP contribution in [0.4, 0.5) is 5.69 Å². The Morgan fingerprint density at radius 1 is 1.19 bits per heavy atom. The number of carbonyl (C=O) groups is 1. The molecular weight excluding hydrogens is 348 g/mol. The Morgan fingerprint density at radius 3 is 2.65 bits per heavy atom. The van der Waals surface area contributed by atoms with E-state index in [9.17, 15) is 4.79 Å². The maximum atomic E-state index is 12.8. The van der Waals surface area contributed by atoms with E-state index in [0.717, 1.165) is 39.4 Å². The van der Waals surface area contributed by atoms with Gasteiger partial charge in [0.1, 0.15) is 5.76 Å². The molecule has 26 heavy (non-hydrogen) atoms. The lowest BCUT2D eigenvalue weighted by molar-refractivity contribution is -0.120. The van der Waals surface area contributed by atoms with Crippen molar-refractivity contribution in [1.82, 2.24) is 5.16 Å². The van der Waals surface area contributed by atoms with Gasteiger partial charge in [-0.3, -0.25) is 4.79 Å². The molecule has 1 atom stereocenters. The van der Waals surface area contributed by atoms with Crippen LogP contribution in [0.1, 0.15) is 29.5 Å². The standard InChI is InChI=1S/C21H19ClN2O2/c1-12-16(13(2)26-24-12)11-21(3)17-9-8-14(10-19(17)23-20(21)25)15-6-4-5-7-18(15)22/h4-10H,11H2,1-3H3,(H,23,25). The number of hydrogen-bond donors (Lipinski definition) is 1. The fraction of sp³-hybridized carbons (Fsp3) is 0.238. The van der Waals surface area contributed by atoms with E-state index in [-0.39, 0.29) is 5.91 Å². The fourth-order valence-electron chi connectivity index (χ4n) is 3.66. The van der Waals surface area contributed by atoms with Crippen molar-refractivity contribution in [2.45, 2.75) is 32.6 Å². The Morgan fingerprint density at radius 2 is 1.96 bits per heavy atom. The Kier molecular flexibility index (Phi) is 3.88. The summed E-state index contributed by atoms with van der Waals surface area (Å²) in [7, 11) is 0. The summed E-state index contributed by atoms with van der Waals surface area (Å²) in [4.78, 5) is 12.8. The third kappa shape index (κ3) is 2.53. The molecule has 0 spiro atoms. The largest absolute Gasteiger partial charge is 0.361 e. The van der Waals surface area contributed by atoms with Gasteiger partial charge in [0.05, 0.1) is 11.1 Å². The number of benzene rings is 2. The molecule has 4 rings (SSSR count). The summed E-state index contributed by atoms with van der Waals surface area (Å²) in [5.41, 5.74) is 4.92. The molecule has 0 saturated heterocycles. The van der Waals surface area contributed by atoms with Gasteiger partial charge < -0.3 is 9.84 Å². The van der Waals surface area contributed by atoms with E-state index < -0.39 is 5.41 Å². The number of anilines is 1. The number of carbonyl (C=O) groups excluding carboxylic acids is 1. The molecule has 5 heteroatoms. The van der Waals surface area contributed by atoms with E-state index in [4.69, 9.17) is 16.1 Å². The number of aromatic nitrogens is 1. The molecule has 0 fully saturated rings. The van der Waals surface area contributed by atoms with Gasteiger partial charge in [-0.15, -0.1) is 0 Å². The summed E-state index contributed by atoms with van der Waals surface area (Å²) in [5, 5.41) is 7.74. The van der Waals surface area contributed by atoms with Crippen molar-refractivity contribution in [1.29, 1.82) is 0 Å². The normalized spacial score (nSPS) is 18.7. The number of nitrogens with zero attached hydrogens (tertiary/aromatic N) is 1. The first kappa shape index (κ1) is 16.9. The number of hydrogen-bond acceptors (Lipinski definition) is 3. The number of fused-ring (bicyclic) bond motifs is 1. The highest BCUT2D eigenvalue weighted by Crippen LogP contribution is 2.43. The van der Waals surface area contributed by atoms with Gasteiger partial charge in [0, 0.05) is 21.8 Å². The molecule has 132 valence electrons. The zero-order valence-electron chi connectivity index (χ0n) is 14.9. The van der Waals surface area contributed by atoms with Gasteiger partial charge in [-0.25, -0.2) is 0 Å². The molecule has 1 amide bonds. The van der Waals surface area contributed by atoms with Gasteiger partial charge in [-0.1, -0.05) is 47.1 Å². The number of aryl methyl sites for hydroxylation is 2. The molecule has 0 aliphatic carbocycles. The van der Waals surface area contributed by atoms with Gasteiger partial charge in [0.15, 0.2) is 0 Å². The van der Waals surface area contributed by atoms with Crippen LogP contribution < -0.4 is 5.32 Å². The van der Waals surface area contributed by atoms with E-state index in [0.29, 0.717) is 11.4 Å². The van der Waals surface area contributed by atoms with Crippen LogP contribution in [-0.4, -0.2) is 11.1 Å². The Labute approximate surface area is 157 Å². The second-order valence-corrected chi connectivity index (χ2v) is 7.41. The molecule has 1 aromatic heterocycles. The molecule has 3 aromatic rings. The number of amides is 1. The predicted molar refractivity (Wildman–Crippen MR) is 103 cm³/mol. The summed E-state index contributed by atoms with van der Waals surface area (Å²) >= 11 is 6.32. The Balaban J connectivity index is 1.76. The van der Waals surface area contributed by atoms with Crippen molar-refractivity contribution in [3.63, 3.8) is 0 Å². The average molecular weight is 367 g/mol. The first-order valence-corrected chi connectivity index (χ1v) is 8.90. The summed E-state index contributed by atoms with van der Waals surface area (Å²) in [6.07, 6.45) is 0.554. The highest BCUT2D eigenvalue weighted by molar-refractivity contribution is 6.33. The average Bonchev–Trinajstić information content (AvgIpc) is 3.06. The van der Waals surface area contributed by atoms with Crippen LogP contribution in [0, 0.1) is 13.8 Å². The summed E-state index contributed by atoms with van der Waals surface area (Å²) in [5.74, 6) is 0.751. The van der Waals surface area contributed by atoms with Crippen LogP contribution in [0.15, 0.2) is 47.0 Å². The van der Waals surface area contributed by atoms with Crippen molar-refractivity contribution in [2.75, 3.05) is 5.32 Å². The number of rotatable bonds is 3. The number of nitrogens with one attached hydrogen (secondary N) is 1. The zero-order valence-corrected chi connectivity index (χ0v) is 15.6. The molecule has 0 bridgehead atoms. The van der Waals surface area contributed by atoms with E-state index in [1.54, 1.807) is 0 Å². The predicted octanol–water partition coefficient (Wildman–Crippen LogP) is 5.06. The zero-order chi connectivity index (χ0) is 18.5. The van der Waals surface area contributed by atoms with Gasteiger partial charge in [0.25, 0.3) is 0 Å². The number of halogens is 1. The molecule has 2 aromatic carbocycles. The van der Waals surface area contributed by atoms with E-state index in [1.807, 2.05) is 63.2 Å². The lowest BCUT2D eigenvalue weighted by Gasteiger charge is -2.22. The monoisotopic (exact) mass is 366 g/mol. The third-order valence-corrected chi connectivity index (χ3v) is 5.59. The smallest absolute Gasteiger partial charge is 0.235 e. The van der Waals surface area contributed by atoms with Crippen molar-refractivity contribution in [3.05, 3.63) is 70.1 Å². The molecular formula is C21H19ClN2O2. The van der Waals surface area contributed by atoms with Crippen LogP contribution in [0.2, 0.25) is 5.02 Å². The Bertz CT molecular complexity index is 1010. The summed E-state index contributed by atoms with van der Waals surface area (Å²) in [6.45, 7) is 5.76. The highest BCUT2D eigenvalue weighted by Gasteiger charge is 2.43. The maximum absolute atomic E-state index is 12.8. The third-order valence-electron chi connectivity index (χ3n) is 5.26. The van der Waals surface area contributed by atoms with Crippen molar-refractivity contribution < 1.29 is 9.32 Å². The van der Waals surface area contributed by atoms with Crippen molar-refractivity contribution in [3.8, 4) is 11.1 Å². The van der Waals surface area contributed by atoms with Gasteiger partial charge in [-0.05, 0) is 50.5 Å². The molecule has 0 radical (unpaired) electrons. The Hall–Kier alpha value is -2.59. The van der Waals surface area contributed by atoms with E-state index >= 15 is 0 Å².